The molecule has 5 rings (SSSR count). The van der Waals surface area contributed by atoms with E-state index in [-0.39, 0.29) is 12.6 Å². The molecule has 0 saturated heterocycles. The molecule has 0 fully saturated rings. The second-order valence-electron chi connectivity index (χ2n) is 8.62. The van der Waals surface area contributed by atoms with E-state index in [1.807, 2.05) is 12.1 Å². The van der Waals surface area contributed by atoms with Gasteiger partial charge in [0.15, 0.2) is 0 Å². The maximum absolute atomic E-state index is 13.9. The summed E-state index contributed by atoms with van der Waals surface area (Å²) in [6.45, 7) is 2.01. The summed E-state index contributed by atoms with van der Waals surface area (Å²) >= 11 is 6.26. The first-order valence-corrected chi connectivity index (χ1v) is 11.8. The molecule has 1 N–H and O–H groups in total. The lowest BCUT2D eigenvalue weighted by atomic mass is 10.0. The van der Waals surface area contributed by atoms with E-state index in [2.05, 4.69) is 15.2 Å². The number of pyridine rings is 1. The fourth-order valence-electron chi connectivity index (χ4n) is 4.55. The van der Waals surface area contributed by atoms with E-state index in [0.717, 1.165) is 22.7 Å². The molecule has 4 aromatic rings. The van der Waals surface area contributed by atoms with Crippen molar-refractivity contribution in [2.45, 2.75) is 19.5 Å². The highest BCUT2D eigenvalue weighted by Gasteiger charge is 2.26. The zero-order valence-electron chi connectivity index (χ0n) is 19.1. The zero-order valence-corrected chi connectivity index (χ0v) is 19.9. The van der Waals surface area contributed by atoms with Gasteiger partial charge in [0.1, 0.15) is 11.6 Å². The summed E-state index contributed by atoms with van der Waals surface area (Å²) < 4.78 is 42.1. The van der Waals surface area contributed by atoms with E-state index in [4.69, 9.17) is 11.6 Å². The summed E-state index contributed by atoms with van der Waals surface area (Å²) in [7, 11) is 0. The Morgan fingerprint density at radius 3 is 2.78 bits per heavy atom. The molecule has 0 unspecified atom stereocenters. The van der Waals surface area contributed by atoms with Crippen LogP contribution in [0.1, 0.15) is 22.4 Å². The van der Waals surface area contributed by atoms with E-state index in [0.29, 0.717) is 47.7 Å². The average Bonchev–Trinajstić information content (AvgIpc) is 3.16. The van der Waals surface area contributed by atoms with Gasteiger partial charge in [0.25, 0.3) is 0 Å². The number of hydrogen-bond donors (Lipinski definition) is 1. The van der Waals surface area contributed by atoms with Crippen LogP contribution in [-0.4, -0.2) is 33.6 Å². The Kier molecular flexibility index (Phi) is 6.80. The Morgan fingerprint density at radius 1 is 1.11 bits per heavy atom. The molecular formula is C27H22ClF3N4O. The van der Waals surface area contributed by atoms with E-state index in [1.165, 1.54) is 24.4 Å². The highest BCUT2D eigenvalue weighted by molar-refractivity contribution is 6.31. The standard InChI is InChI=1S/C27H22ClF3N4O/c28-19-4-6-21-22-16-34(10-1-2-18-3-5-20(29)14-23(18)30)11-8-24(22)35(25(21)13-19)27(36)33-15-17-7-9-32-26(31)12-17/h1-7,9,12-14H,8,10-11,15-16H2,(H,33,36)/b2-1+. The first-order chi connectivity index (χ1) is 17.4. The smallest absolute Gasteiger partial charge is 0.326 e. The van der Waals surface area contributed by atoms with Gasteiger partial charge in [-0.2, -0.15) is 4.39 Å². The van der Waals surface area contributed by atoms with Crippen LogP contribution in [0.4, 0.5) is 18.0 Å². The second kappa shape index (κ2) is 10.2. The van der Waals surface area contributed by atoms with E-state index >= 15 is 0 Å². The molecular weight excluding hydrogens is 489 g/mol. The lowest BCUT2D eigenvalue weighted by Crippen LogP contribution is -2.34. The predicted molar refractivity (Wildman–Crippen MR) is 133 cm³/mol. The van der Waals surface area contributed by atoms with E-state index in [1.54, 1.807) is 28.8 Å². The van der Waals surface area contributed by atoms with Gasteiger partial charge in [-0.15, -0.1) is 0 Å². The summed E-state index contributed by atoms with van der Waals surface area (Å²) in [5.41, 5.74) is 3.56. The minimum atomic E-state index is -0.610. The molecule has 3 heterocycles. The molecule has 1 aliphatic rings. The van der Waals surface area contributed by atoms with Crippen molar-refractivity contribution in [2.24, 2.45) is 0 Å². The Balaban J connectivity index is 1.37. The van der Waals surface area contributed by atoms with Crippen molar-refractivity contribution in [1.29, 1.82) is 0 Å². The first kappa shape index (κ1) is 24.1. The van der Waals surface area contributed by atoms with Crippen LogP contribution in [0.3, 0.4) is 0 Å². The second-order valence-corrected chi connectivity index (χ2v) is 9.06. The molecule has 2 aromatic carbocycles. The van der Waals surface area contributed by atoms with Crippen molar-refractivity contribution in [3.8, 4) is 0 Å². The van der Waals surface area contributed by atoms with Crippen LogP contribution in [0.15, 0.2) is 60.8 Å². The summed E-state index contributed by atoms with van der Waals surface area (Å²) in [6, 6.07) is 11.6. The number of rotatable bonds is 5. The van der Waals surface area contributed by atoms with Gasteiger partial charge in [-0.25, -0.2) is 18.6 Å². The monoisotopic (exact) mass is 510 g/mol. The number of halogens is 4. The minimum Gasteiger partial charge on any atom is -0.333 e. The van der Waals surface area contributed by atoms with Gasteiger partial charge >= 0.3 is 6.03 Å². The number of amides is 1. The molecule has 0 aliphatic carbocycles. The number of aromatic nitrogens is 2. The maximum Gasteiger partial charge on any atom is 0.326 e. The SMILES string of the molecule is O=C(NCc1ccnc(F)c1)n1c2c(c3ccc(Cl)cc31)CN(C/C=C/c1ccc(F)cc1F)CC2. The van der Waals surface area contributed by atoms with Gasteiger partial charge in [0, 0.05) is 66.5 Å². The Morgan fingerprint density at radius 2 is 1.97 bits per heavy atom. The third kappa shape index (κ3) is 5.01. The molecule has 184 valence electrons. The van der Waals surface area contributed by atoms with Gasteiger partial charge in [-0.3, -0.25) is 9.47 Å². The first-order valence-electron chi connectivity index (χ1n) is 11.4. The van der Waals surface area contributed by atoms with Crippen LogP contribution >= 0.6 is 11.6 Å². The van der Waals surface area contributed by atoms with Gasteiger partial charge in [-0.1, -0.05) is 29.8 Å². The molecule has 0 radical (unpaired) electrons. The molecule has 9 heteroatoms. The van der Waals surface area contributed by atoms with Crippen LogP contribution in [0.25, 0.3) is 17.0 Å². The molecule has 0 spiro atoms. The summed E-state index contributed by atoms with van der Waals surface area (Å²) in [4.78, 5) is 19.0. The van der Waals surface area contributed by atoms with Crippen molar-refractivity contribution < 1.29 is 18.0 Å². The molecule has 0 saturated carbocycles. The Hall–Kier alpha value is -3.62. The van der Waals surface area contributed by atoms with Gasteiger partial charge in [0.2, 0.25) is 5.95 Å². The predicted octanol–water partition coefficient (Wildman–Crippen LogP) is 5.94. The summed E-state index contributed by atoms with van der Waals surface area (Å²) in [5.74, 6) is -1.82. The lowest BCUT2D eigenvalue weighted by Gasteiger charge is -2.27. The normalized spacial score (nSPS) is 13.9. The number of carbonyl (C=O) groups is 1. The average molecular weight is 511 g/mol. The molecule has 0 atom stereocenters. The third-order valence-corrected chi connectivity index (χ3v) is 6.49. The van der Waals surface area contributed by atoms with Crippen LogP contribution < -0.4 is 5.32 Å². The van der Waals surface area contributed by atoms with Crippen molar-refractivity contribution in [1.82, 2.24) is 19.8 Å². The molecule has 0 bridgehead atoms. The number of nitrogens with zero attached hydrogens (tertiary/aromatic N) is 3. The fraction of sp³-hybridized carbons (Fsp3) is 0.185. The summed E-state index contributed by atoms with van der Waals surface area (Å²) in [6.07, 6.45) is 5.47. The van der Waals surface area contributed by atoms with Crippen molar-refractivity contribution in [2.75, 3.05) is 13.1 Å². The van der Waals surface area contributed by atoms with Gasteiger partial charge in [-0.05, 0) is 47.5 Å². The van der Waals surface area contributed by atoms with E-state index < -0.39 is 17.6 Å². The van der Waals surface area contributed by atoms with Crippen molar-refractivity contribution in [3.05, 3.63) is 106 Å². The lowest BCUT2D eigenvalue weighted by molar-refractivity contribution is 0.240. The van der Waals surface area contributed by atoms with E-state index in [9.17, 15) is 18.0 Å². The number of carbonyl (C=O) groups excluding carboxylic acids is 1. The zero-order chi connectivity index (χ0) is 25.2. The maximum atomic E-state index is 13.9. The molecule has 2 aromatic heterocycles. The fourth-order valence-corrected chi connectivity index (χ4v) is 4.72. The molecule has 36 heavy (non-hydrogen) atoms. The highest BCUT2D eigenvalue weighted by Crippen LogP contribution is 2.32. The molecule has 1 amide bonds. The topological polar surface area (TPSA) is 50.2 Å². The number of fused-ring (bicyclic) bond motifs is 3. The van der Waals surface area contributed by atoms with Crippen LogP contribution in [-0.2, 0) is 19.5 Å². The number of benzene rings is 2. The third-order valence-electron chi connectivity index (χ3n) is 6.25. The van der Waals surface area contributed by atoms with Crippen LogP contribution in [0.2, 0.25) is 5.02 Å². The molecule has 1 aliphatic heterocycles. The molecule has 5 nitrogen and oxygen atoms in total. The van der Waals surface area contributed by atoms with Crippen molar-refractivity contribution in [3.63, 3.8) is 0 Å². The minimum absolute atomic E-state index is 0.157. The summed E-state index contributed by atoms with van der Waals surface area (Å²) in [5, 5.41) is 4.31. The number of hydrogen-bond acceptors (Lipinski definition) is 3. The number of nitrogens with one attached hydrogen (secondary N) is 1. The van der Waals surface area contributed by atoms with Crippen LogP contribution in [0.5, 0.6) is 0 Å². The quantitative estimate of drug-likeness (QED) is 0.338. The highest BCUT2D eigenvalue weighted by atomic mass is 35.5. The Labute approximate surface area is 210 Å². The van der Waals surface area contributed by atoms with Gasteiger partial charge < -0.3 is 5.32 Å². The van der Waals surface area contributed by atoms with Gasteiger partial charge in [0.05, 0.1) is 5.52 Å². The van der Waals surface area contributed by atoms with Crippen molar-refractivity contribution >= 4 is 34.6 Å². The largest absolute Gasteiger partial charge is 0.333 e. The Bertz CT molecular complexity index is 1480. The van der Waals surface area contributed by atoms with Crippen LogP contribution in [0, 0.1) is 17.6 Å².